The molecule has 1 aliphatic rings. The molecule has 36 heavy (non-hydrogen) atoms. The van der Waals surface area contributed by atoms with Crippen LogP contribution < -0.4 is 5.32 Å². The minimum atomic E-state index is -0.827. The molecule has 8 heteroatoms. The molecule has 0 saturated carbocycles. The number of phenols is 1. The van der Waals surface area contributed by atoms with Crippen LogP contribution in [0.3, 0.4) is 0 Å². The molecule has 1 amide bonds. The number of benzene rings is 1. The summed E-state index contributed by atoms with van der Waals surface area (Å²) in [7, 11) is 1.58. The highest BCUT2D eigenvalue weighted by molar-refractivity contribution is 6.04. The van der Waals surface area contributed by atoms with Crippen molar-refractivity contribution < 1.29 is 34.3 Å². The van der Waals surface area contributed by atoms with Crippen LogP contribution in [0.4, 0.5) is 10.1 Å². The molecule has 1 aliphatic heterocycles. The first kappa shape index (κ1) is 30.0. The number of hydrogen-bond acceptors (Lipinski definition) is 6. The van der Waals surface area contributed by atoms with E-state index in [4.69, 9.17) is 4.74 Å². The average molecular weight is 508 g/mol. The number of fused-ring (bicyclic) bond motifs is 2. The Morgan fingerprint density at radius 2 is 1.81 bits per heavy atom. The quantitative estimate of drug-likeness (QED) is 0.312. The summed E-state index contributed by atoms with van der Waals surface area (Å²) in [6.45, 7) is 7.06. The van der Waals surface area contributed by atoms with Gasteiger partial charge >= 0.3 is 0 Å². The topological polar surface area (TPSA) is 119 Å². The van der Waals surface area contributed by atoms with Crippen LogP contribution in [0.2, 0.25) is 0 Å². The van der Waals surface area contributed by atoms with Crippen LogP contribution in [0.15, 0.2) is 35.4 Å². The summed E-state index contributed by atoms with van der Waals surface area (Å²) in [5, 5.41) is 43.8. The van der Waals surface area contributed by atoms with Gasteiger partial charge in [-0.2, -0.15) is 0 Å². The molecule has 202 valence electrons. The molecule has 0 spiro atoms. The molecule has 1 aromatic carbocycles. The van der Waals surface area contributed by atoms with Gasteiger partial charge in [0.1, 0.15) is 0 Å². The molecule has 7 nitrogen and oxygen atoms in total. The van der Waals surface area contributed by atoms with E-state index >= 15 is 0 Å². The average Bonchev–Trinajstić information content (AvgIpc) is 2.83. The Hall–Kier alpha value is -2.26. The standard InChI is InChI=1S/C28H42FNO6/c1-16-9-20-12-23(29)26(34)24(13-20)30-28(35)17(2)7-6-8-21(14-31)27(36-5)19(4)11-18(3)25(33)22(10-16)15-32/h7,11-13,16,18,21-22,25,27,31-34H,6,8-10,14-15H2,1-5H3,(H,30,35)/b17-7+,19-11+/t16-,18+,21+,22+,25-,27-/m0/s1. The number of methoxy groups -OCH3 is 1. The minimum absolute atomic E-state index is 0.00672. The molecule has 1 aromatic rings. The Morgan fingerprint density at radius 1 is 1.14 bits per heavy atom. The van der Waals surface area contributed by atoms with Crippen molar-refractivity contribution in [2.45, 2.75) is 65.6 Å². The molecule has 0 aromatic heterocycles. The van der Waals surface area contributed by atoms with Crippen molar-refractivity contribution in [1.29, 1.82) is 0 Å². The number of ether oxygens (including phenoxy) is 1. The zero-order valence-electron chi connectivity index (χ0n) is 22.0. The fourth-order valence-corrected chi connectivity index (χ4v) is 5.15. The number of aliphatic hydroxyl groups excluding tert-OH is 3. The van der Waals surface area contributed by atoms with Crippen molar-refractivity contribution >= 4 is 11.6 Å². The number of anilines is 1. The van der Waals surface area contributed by atoms with Gasteiger partial charge in [-0.3, -0.25) is 4.79 Å². The maximum absolute atomic E-state index is 14.5. The minimum Gasteiger partial charge on any atom is -0.503 e. The number of carbonyl (C=O) groups is 1. The van der Waals surface area contributed by atoms with Crippen LogP contribution in [-0.2, 0) is 16.0 Å². The van der Waals surface area contributed by atoms with Crippen LogP contribution in [0.25, 0.3) is 0 Å². The van der Waals surface area contributed by atoms with E-state index in [1.54, 1.807) is 26.2 Å². The fraction of sp³-hybridized carbons (Fsp3) is 0.607. The van der Waals surface area contributed by atoms with Gasteiger partial charge in [-0.15, -0.1) is 0 Å². The monoisotopic (exact) mass is 507 g/mol. The second-order valence-electron chi connectivity index (χ2n) is 10.2. The van der Waals surface area contributed by atoms with Gasteiger partial charge < -0.3 is 30.5 Å². The van der Waals surface area contributed by atoms with E-state index in [9.17, 15) is 29.6 Å². The van der Waals surface area contributed by atoms with E-state index < -0.39 is 29.5 Å². The first-order valence-corrected chi connectivity index (χ1v) is 12.6. The van der Waals surface area contributed by atoms with Gasteiger partial charge in [-0.05, 0) is 68.7 Å². The highest BCUT2D eigenvalue weighted by Gasteiger charge is 2.28. The summed E-state index contributed by atoms with van der Waals surface area (Å²) >= 11 is 0. The summed E-state index contributed by atoms with van der Waals surface area (Å²) < 4.78 is 20.2. The highest BCUT2D eigenvalue weighted by Crippen LogP contribution is 2.32. The second-order valence-corrected chi connectivity index (χ2v) is 10.2. The van der Waals surface area contributed by atoms with Crippen LogP contribution in [0.5, 0.6) is 5.75 Å². The highest BCUT2D eigenvalue weighted by atomic mass is 19.1. The molecule has 0 fully saturated rings. The van der Waals surface area contributed by atoms with Crippen LogP contribution in [-0.4, -0.2) is 58.9 Å². The lowest BCUT2D eigenvalue weighted by Gasteiger charge is -2.29. The molecule has 0 aliphatic carbocycles. The molecule has 2 rings (SSSR count). The third-order valence-corrected chi connectivity index (χ3v) is 7.15. The Labute approximate surface area is 213 Å². The molecule has 2 bridgehead atoms. The third kappa shape index (κ3) is 7.87. The van der Waals surface area contributed by atoms with Crippen LogP contribution in [0, 0.1) is 29.5 Å². The number of rotatable bonds is 3. The lowest BCUT2D eigenvalue weighted by Crippen LogP contribution is -2.32. The normalized spacial score (nSPS) is 32.2. The summed E-state index contributed by atoms with van der Waals surface area (Å²) in [5.41, 5.74) is 1.88. The maximum atomic E-state index is 14.5. The Morgan fingerprint density at radius 3 is 2.42 bits per heavy atom. The van der Waals surface area contributed by atoms with Crippen molar-refractivity contribution in [3.63, 3.8) is 0 Å². The zero-order valence-corrected chi connectivity index (χ0v) is 22.0. The fourth-order valence-electron chi connectivity index (χ4n) is 5.15. The number of carbonyl (C=O) groups excluding carboxylic acids is 1. The molecular weight excluding hydrogens is 465 g/mol. The summed E-state index contributed by atoms with van der Waals surface area (Å²) in [5.74, 6) is -2.82. The molecular formula is C28H42FNO6. The summed E-state index contributed by atoms with van der Waals surface area (Å²) in [6, 6.07) is 2.80. The van der Waals surface area contributed by atoms with Crippen LogP contribution >= 0.6 is 0 Å². The Kier molecular flexibility index (Phi) is 11.6. The van der Waals surface area contributed by atoms with E-state index in [2.05, 4.69) is 5.32 Å². The number of amides is 1. The molecule has 1 heterocycles. The number of aromatic hydroxyl groups is 1. The van der Waals surface area contributed by atoms with Crippen molar-refractivity contribution in [2.75, 3.05) is 25.6 Å². The molecule has 0 saturated heterocycles. The van der Waals surface area contributed by atoms with Gasteiger partial charge in [0.25, 0.3) is 5.91 Å². The predicted molar refractivity (Wildman–Crippen MR) is 138 cm³/mol. The zero-order chi connectivity index (χ0) is 27.0. The Balaban J connectivity index is 2.47. The van der Waals surface area contributed by atoms with Crippen LogP contribution in [0.1, 0.15) is 52.5 Å². The number of halogens is 1. The first-order valence-electron chi connectivity index (χ1n) is 12.6. The van der Waals surface area contributed by atoms with Gasteiger partial charge in [-0.1, -0.05) is 26.0 Å². The van der Waals surface area contributed by atoms with Crippen molar-refractivity contribution in [1.82, 2.24) is 0 Å². The maximum Gasteiger partial charge on any atom is 0.251 e. The predicted octanol–water partition coefficient (Wildman–Crippen LogP) is 3.95. The van der Waals surface area contributed by atoms with Gasteiger partial charge in [0, 0.05) is 43.7 Å². The van der Waals surface area contributed by atoms with E-state index in [1.807, 2.05) is 26.8 Å². The number of aliphatic hydroxyl groups is 3. The number of hydrogen-bond donors (Lipinski definition) is 5. The third-order valence-electron chi connectivity index (χ3n) is 7.15. The Bertz CT molecular complexity index is 946. The first-order chi connectivity index (χ1) is 17.0. The largest absolute Gasteiger partial charge is 0.503 e. The lowest BCUT2D eigenvalue weighted by molar-refractivity contribution is -0.112. The van der Waals surface area contributed by atoms with Crippen molar-refractivity contribution in [3.8, 4) is 5.75 Å². The molecule has 0 unspecified atom stereocenters. The molecule has 6 atom stereocenters. The van der Waals surface area contributed by atoms with E-state index in [-0.39, 0.29) is 42.8 Å². The molecule has 5 N–H and O–H groups in total. The van der Waals surface area contributed by atoms with Gasteiger partial charge in [0.15, 0.2) is 11.6 Å². The summed E-state index contributed by atoms with van der Waals surface area (Å²) in [6.07, 6.45) is 4.47. The SMILES string of the molecule is CO[C@H]1/C(C)=C/[C@@H](C)[C@H](O)[C@@H](CO)C[C@@H](C)Cc2cc(F)c(O)c(c2)NC(=O)/C(C)=C/CC[C@@H]1CO. The molecule has 0 radical (unpaired) electrons. The van der Waals surface area contributed by atoms with Gasteiger partial charge in [0.05, 0.1) is 17.9 Å². The number of nitrogens with one attached hydrogen (secondary N) is 1. The number of phenolic OH excluding ortho intramolecular Hbond substituents is 1. The van der Waals surface area contributed by atoms with Crippen molar-refractivity contribution in [3.05, 3.63) is 46.8 Å². The van der Waals surface area contributed by atoms with Gasteiger partial charge in [0.2, 0.25) is 0 Å². The van der Waals surface area contributed by atoms with E-state index in [1.165, 1.54) is 6.07 Å². The smallest absolute Gasteiger partial charge is 0.251 e. The van der Waals surface area contributed by atoms with E-state index in [0.717, 1.165) is 5.57 Å². The lowest BCUT2D eigenvalue weighted by atomic mass is 9.82. The summed E-state index contributed by atoms with van der Waals surface area (Å²) in [4.78, 5) is 12.7. The second kappa shape index (κ2) is 13.9. The van der Waals surface area contributed by atoms with Crippen molar-refractivity contribution in [2.24, 2.45) is 23.7 Å². The van der Waals surface area contributed by atoms with Gasteiger partial charge in [-0.25, -0.2) is 4.39 Å². The van der Waals surface area contributed by atoms with E-state index in [0.29, 0.717) is 36.8 Å². The number of allylic oxidation sites excluding steroid dienone is 1.